The van der Waals surface area contributed by atoms with Crippen molar-refractivity contribution in [2.45, 2.75) is 32.1 Å². The molecule has 0 radical (unpaired) electrons. The highest BCUT2D eigenvalue weighted by molar-refractivity contribution is 8.18. The van der Waals surface area contributed by atoms with Crippen molar-refractivity contribution < 1.29 is 24.3 Å². The van der Waals surface area contributed by atoms with Crippen LogP contribution in [0.4, 0.5) is 10.5 Å². The van der Waals surface area contributed by atoms with Gasteiger partial charge in [0.2, 0.25) is 0 Å². The van der Waals surface area contributed by atoms with E-state index in [9.17, 15) is 24.3 Å². The average Bonchev–Trinajstić information content (AvgIpc) is 3.35. The maximum atomic E-state index is 13.9. The molecule has 2 heterocycles. The molecule has 1 saturated carbocycles. The number of carboxylic acids is 1. The maximum absolute atomic E-state index is 13.9. The molecule has 3 aromatic rings. The second kappa shape index (κ2) is 9.76. The summed E-state index contributed by atoms with van der Waals surface area (Å²) < 4.78 is 0. The van der Waals surface area contributed by atoms with Gasteiger partial charge in [-0.25, -0.2) is 0 Å². The molecule has 3 amide bonds. The summed E-state index contributed by atoms with van der Waals surface area (Å²) in [5.41, 5.74) is 3.39. The zero-order valence-electron chi connectivity index (χ0n) is 20.7. The van der Waals surface area contributed by atoms with Crippen LogP contribution in [0.5, 0.6) is 0 Å². The van der Waals surface area contributed by atoms with E-state index in [0.29, 0.717) is 34.7 Å². The number of carbonyl (C=O) groups is 4. The molecule has 0 atom stereocenters. The van der Waals surface area contributed by atoms with E-state index in [2.05, 4.69) is 18.2 Å². The van der Waals surface area contributed by atoms with Crippen LogP contribution < -0.4 is 4.90 Å². The van der Waals surface area contributed by atoms with Gasteiger partial charge in [0.15, 0.2) is 0 Å². The van der Waals surface area contributed by atoms with Crippen molar-refractivity contribution in [3.05, 3.63) is 71.1 Å². The first-order valence-electron chi connectivity index (χ1n) is 12.9. The van der Waals surface area contributed by atoms with E-state index in [1.54, 1.807) is 4.90 Å². The van der Waals surface area contributed by atoms with Crippen molar-refractivity contribution in [2.75, 3.05) is 18.0 Å². The number of anilines is 1. The third-order valence-corrected chi connectivity index (χ3v) is 8.61. The van der Waals surface area contributed by atoms with Crippen molar-refractivity contribution in [1.82, 2.24) is 4.90 Å². The monoisotopic (exact) mass is 526 g/mol. The zero-order chi connectivity index (χ0) is 26.4. The molecule has 1 N–H and O–H groups in total. The molecular formula is C30H26N2O5S. The smallest absolute Gasteiger partial charge is 0.323 e. The molecule has 0 aromatic heterocycles. The number of amides is 3. The second-order valence-electron chi connectivity index (χ2n) is 10.1. The van der Waals surface area contributed by atoms with Gasteiger partial charge < -0.3 is 10.0 Å². The number of fused-ring (bicyclic) bond motifs is 2. The number of hydrogen-bond acceptors (Lipinski definition) is 5. The molecule has 2 fully saturated rings. The summed E-state index contributed by atoms with van der Waals surface area (Å²) in [5, 5.41) is 10.7. The largest absolute Gasteiger partial charge is 0.480 e. The fourth-order valence-corrected chi connectivity index (χ4v) is 6.66. The normalized spacial score (nSPS) is 20.1. The Kier molecular flexibility index (Phi) is 6.27. The van der Waals surface area contributed by atoms with Gasteiger partial charge in [-0.05, 0) is 70.6 Å². The number of thioether (sulfide) groups is 1. The van der Waals surface area contributed by atoms with Gasteiger partial charge >= 0.3 is 5.97 Å². The Balaban J connectivity index is 1.46. The molecule has 0 unspecified atom stereocenters. The van der Waals surface area contributed by atoms with Gasteiger partial charge in [-0.1, -0.05) is 61.7 Å². The lowest BCUT2D eigenvalue weighted by Gasteiger charge is -2.27. The molecule has 8 heteroatoms. The number of nitrogens with zero attached hydrogens (tertiary/aromatic N) is 2. The summed E-state index contributed by atoms with van der Waals surface area (Å²) in [6, 6.07) is 20.1. The Morgan fingerprint density at radius 1 is 0.842 bits per heavy atom. The third kappa shape index (κ3) is 4.28. The Bertz CT molecular complexity index is 1540. The van der Waals surface area contributed by atoms with Crippen LogP contribution in [0, 0.1) is 5.92 Å². The summed E-state index contributed by atoms with van der Waals surface area (Å²) in [4.78, 5) is 53.3. The van der Waals surface area contributed by atoms with Crippen molar-refractivity contribution in [2.24, 2.45) is 5.92 Å². The highest BCUT2D eigenvalue weighted by Crippen LogP contribution is 2.46. The minimum absolute atomic E-state index is 0.00399. The molecule has 0 spiro atoms. The molecule has 2 aliphatic heterocycles. The summed E-state index contributed by atoms with van der Waals surface area (Å²) in [6.07, 6.45) is 5.60. The number of hydrogen-bond donors (Lipinski definition) is 1. The first-order chi connectivity index (χ1) is 18.4. The van der Waals surface area contributed by atoms with E-state index in [0.717, 1.165) is 53.3 Å². The average molecular weight is 527 g/mol. The van der Waals surface area contributed by atoms with Crippen LogP contribution in [0.3, 0.4) is 0 Å². The number of imide groups is 1. The molecule has 3 aliphatic rings. The number of rotatable bonds is 5. The van der Waals surface area contributed by atoms with E-state index >= 15 is 0 Å². The van der Waals surface area contributed by atoms with Crippen LogP contribution in [-0.2, 0) is 14.4 Å². The molecule has 192 valence electrons. The lowest BCUT2D eigenvalue weighted by Crippen LogP contribution is -2.34. The molecular weight excluding hydrogens is 500 g/mol. The predicted molar refractivity (Wildman–Crippen MR) is 148 cm³/mol. The summed E-state index contributed by atoms with van der Waals surface area (Å²) in [5.74, 6) is -1.94. The first kappa shape index (κ1) is 24.4. The predicted octanol–water partition coefficient (Wildman–Crippen LogP) is 5.92. The second-order valence-corrected chi connectivity index (χ2v) is 11.0. The van der Waals surface area contributed by atoms with Crippen molar-refractivity contribution in [3.63, 3.8) is 0 Å². The Hall–Kier alpha value is -3.91. The number of aliphatic carboxylic acids is 1. The van der Waals surface area contributed by atoms with E-state index in [-0.39, 0.29) is 16.4 Å². The fraction of sp³-hybridized carbons (Fsp3) is 0.267. The molecule has 7 nitrogen and oxygen atoms in total. The molecule has 1 aliphatic carbocycles. The summed E-state index contributed by atoms with van der Waals surface area (Å²) in [7, 11) is 0. The highest BCUT2D eigenvalue weighted by Gasteiger charge is 2.44. The number of carboxylic acid groups (broad SMARTS) is 1. The van der Waals surface area contributed by atoms with Gasteiger partial charge in [-0.15, -0.1) is 0 Å². The van der Waals surface area contributed by atoms with Crippen molar-refractivity contribution in [1.29, 1.82) is 0 Å². The van der Waals surface area contributed by atoms with Gasteiger partial charge in [0.05, 0.1) is 16.2 Å². The summed E-state index contributed by atoms with van der Waals surface area (Å²) in [6.45, 7) is -0.172. The van der Waals surface area contributed by atoms with Gasteiger partial charge in [-0.2, -0.15) is 0 Å². The lowest BCUT2D eigenvalue weighted by atomic mass is 9.89. The van der Waals surface area contributed by atoms with Gasteiger partial charge in [0.25, 0.3) is 17.1 Å². The van der Waals surface area contributed by atoms with Gasteiger partial charge in [0.1, 0.15) is 6.54 Å². The van der Waals surface area contributed by atoms with E-state index in [1.165, 1.54) is 6.42 Å². The molecule has 38 heavy (non-hydrogen) atoms. The van der Waals surface area contributed by atoms with Crippen LogP contribution in [-0.4, -0.2) is 46.1 Å². The zero-order valence-corrected chi connectivity index (χ0v) is 21.5. The topological polar surface area (TPSA) is 95.0 Å². The molecule has 0 bridgehead atoms. The van der Waals surface area contributed by atoms with Crippen LogP contribution in [0.2, 0.25) is 0 Å². The minimum atomic E-state index is -1.28. The van der Waals surface area contributed by atoms with Crippen LogP contribution in [0.1, 0.15) is 37.7 Å². The number of carbonyl (C=O) groups excluding carboxylic acids is 3. The van der Waals surface area contributed by atoms with Crippen molar-refractivity contribution >= 4 is 56.8 Å². The Morgan fingerprint density at radius 3 is 2.32 bits per heavy atom. The van der Waals surface area contributed by atoms with E-state index in [4.69, 9.17) is 0 Å². The molecule has 3 aromatic carbocycles. The Morgan fingerprint density at radius 2 is 1.55 bits per heavy atom. The first-order valence-corrected chi connectivity index (χ1v) is 13.7. The van der Waals surface area contributed by atoms with Crippen molar-refractivity contribution in [3.8, 4) is 11.1 Å². The summed E-state index contributed by atoms with van der Waals surface area (Å²) >= 11 is 0.646. The van der Waals surface area contributed by atoms with Gasteiger partial charge in [-0.3, -0.25) is 24.1 Å². The van der Waals surface area contributed by atoms with Crippen LogP contribution in [0.15, 0.2) is 65.6 Å². The standard InChI is InChI=1S/C30H26N2O5S/c33-25(34)17-32-29(36)27(38-30(32)37)26-23-15-22(21-11-10-19-8-4-5-9-20(19)14-21)12-13-24(23)31(28(26)35)16-18-6-2-1-3-7-18/h4-5,8-15,18H,1-3,6-7,16-17H2,(H,33,34)/b27-26-. The third-order valence-electron chi connectivity index (χ3n) is 7.63. The van der Waals surface area contributed by atoms with Crippen LogP contribution >= 0.6 is 11.8 Å². The molecule has 6 rings (SSSR count). The maximum Gasteiger partial charge on any atom is 0.323 e. The quantitative estimate of drug-likeness (QED) is 0.415. The number of benzene rings is 3. The Labute approximate surface area is 224 Å². The minimum Gasteiger partial charge on any atom is -0.480 e. The molecule has 1 saturated heterocycles. The van der Waals surface area contributed by atoms with E-state index < -0.39 is 23.7 Å². The highest BCUT2D eigenvalue weighted by atomic mass is 32.2. The fourth-order valence-electron chi connectivity index (χ4n) is 5.73. The lowest BCUT2D eigenvalue weighted by molar-refractivity contribution is -0.140. The van der Waals surface area contributed by atoms with Gasteiger partial charge in [0, 0.05) is 12.1 Å². The van der Waals surface area contributed by atoms with E-state index in [1.807, 2.05) is 42.5 Å². The van der Waals surface area contributed by atoms with Crippen LogP contribution in [0.25, 0.3) is 27.5 Å². The SMILES string of the molecule is O=C(O)CN1C(=O)S/C(=C2\C(=O)N(CC3CCCCC3)c3ccc(-c4ccc5ccccc5c4)cc32)C1=O.